The van der Waals surface area contributed by atoms with Crippen LogP contribution in [0.4, 0.5) is 0 Å². The van der Waals surface area contributed by atoms with Crippen molar-refractivity contribution < 1.29 is 5.79 Å². The number of furan rings is 1. The number of hydrogen-bond acceptors (Lipinski definition) is 1. The van der Waals surface area contributed by atoms with E-state index in [4.69, 9.17) is 5.79 Å². The zero-order valence-corrected chi connectivity index (χ0v) is 24.3. The molecule has 1 nitrogen and oxygen atoms in total. The van der Waals surface area contributed by atoms with Crippen LogP contribution in [0.2, 0.25) is 0 Å². The summed E-state index contributed by atoms with van der Waals surface area (Å²) in [6, 6.07) is 52.3. The summed E-state index contributed by atoms with van der Waals surface area (Å²) in [4.78, 5) is 0. The van der Waals surface area contributed by atoms with E-state index < -0.39 is 0 Å². The van der Waals surface area contributed by atoms with Gasteiger partial charge in [-0.05, 0) is 96.4 Å². The summed E-state index contributed by atoms with van der Waals surface area (Å²) in [5.41, 5.74) is 10.2. The second-order valence-corrected chi connectivity index (χ2v) is 11.7. The van der Waals surface area contributed by atoms with Gasteiger partial charge in [-0.15, -0.1) is 0 Å². The Morgan fingerprint density at radius 3 is 1.86 bits per heavy atom. The first kappa shape index (κ1) is 23.9. The summed E-state index contributed by atoms with van der Waals surface area (Å²) in [5.74, 6) is 0. The molecule has 0 fully saturated rings. The SMILES string of the molecule is [2H]c1ccc2cc(-c3ccccc3-c3c4ccccc4c(-c4cccc5oc6cc(C)ccc6c45)c4ccccc34)ccc2c1. The lowest BCUT2D eigenvalue weighted by atomic mass is 9.83. The van der Waals surface area contributed by atoms with E-state index in [1.54, 1.807) is 0 Å². The van der Waals surface area contributed by atoms with Crippen molar-refractivity contribution in [1.82, 2.24) is 0 Å². The molecule has 8 aromatic carbocycles. The molecule has 0 amide bonds. The van der Waals surface area contributed by atoms with Crippen LogP contribution in [-0.2, 0) is 0 Å². The van der Waals surface area contributed by atoms with Gasteiger partial charge in [0.25, 0.3) is 0 Å². The van der Waals surface area contributed by atoms with E-state index in [1.165, 1.54) is 54.9 Å². The van der Waals surface area contributed by atoms with Crippen LogP contribution in [0.3, 0.4) is 0 Å². The third kappa shape index (κ3) is 3.73. The summed E-state index contributed by atoms with van der Waals surface area (Å²) >= 11 is 0. The summed E-state index contributed by atoms with van der Waals surface area (Å²) in [7, 11) is 0. The van der Waals surface area contributed by atoms with Crippen molar-refractivity contribution in [3.05, 3.63) is 157 Å². The first-order valence-electron chi connectivity index (χ1n) is 15.6. The third-order valence-electron chi connectivity index (χ3n) is 9.05. The molecule has 0 radical (unpaired) electrons. The number of aryl methyl sites for hydroxylation is 1. The molecule has 1 heterocycles. The molecule has 0 aliphatic rings. The third-order valence-corrected chi connectivity index (χ3v) is 9.05. The number of hydrogen-bond donors (Lipinski definition) is 0. The van der Waals surface area contributed by atoms with Gasteiger partial charge in [0.05, 0.1) is 1.37 Å². The van der Waals surface area contributed by atoms with Crippen LogP contribution < -0.4 is 0 Å². The Kier molecular flexibility index (Phi) is 5.25. The molecule has 0 saturated carbocycles. The molecule has 44 heavy (non-hydrogen) atoms. The first-order chi connectivity index (χ1) is 22.1. The van der Waals surface area contributed by atoms with Crippen molar-refractivity contribution in [2.45, 2.75) is 6.92 Å². The second-order valence-electron chi connectivity index (χ2n) is 11.7. The summed E-state index contributed by atoms with van der Waals surface area (Å²) < 4.78 is 14.5. The van der Waals surface area contributed by atoms with Gasteiger partial charge in [-0.2, -0.15) is 0 Å². The van der Waals surface area contributed by atoms with E-state index in [9.17, 15) is 0 Å². The van der Waals surface area contributed by atoms with E-state index in [2.05, 4.69) is 134 Å². The molecule has 1 heteroatoms. The standard InChI is InChI=1S/C43H28O/c1-27-21-24-37-40(25-27)44-39-20-10-19-38(43(37)39)42-35-17-8-6-15-33(35)41(34-16-7-9-18-36(34)42)32-14-5-4-13-31(32)30-23-22-28-11-2-3-12-29(28)26-30/h2-26H,1H3/i2D. The fraction of sp³-hybridized carbons (Fsp3) is 0.0233. The zero-order chi connectivity index (χ0) is 30.1. The maximum absolute atomic E-state index is 8.05. The summed E-state index contributed by atoms with van der Waals surface area (Å²) in [6.45, 7) is 2.11. The quantitative estimate of drug-likeness (QED) is 0.196. The average molecular weight is 562 g/mol. The topological polar surface area (TPSA) is 13.1 Å². The van der Waals surface area contributed by atoms with Gasteiger partial charge in [0.2, 0.25) is 0 Å². The number of fused-ring (bicyclic) bond motifs is 6. The molecule has 206 valence electrons. The first-order valence-corrected chi connectivity index (χ1v) is 15.1. The van der Waals surface area contributed by atoms with Gasteiger partial charge < -0.3 is 4.42 Å². The molecule has 0 bridgehead atoms. The van der Waals surface area contributed by atoms with Crippen LogP contribution >= 0.6 is 0 Å². The van der Waals surface area contributed by atoms with Crippen LogP contribution in [0.25, 0.3) is 87.6 Å². The van der Waals surface area contributed by atoms with Gasteiger partial charge in [0.15, 0.2) is 0 Å². The van der Waals surface area contributed by atoms with E-state index in [-0.39, 0.29) is 0 Å². The maximum atomic E-state index is 8.05. The van der Waals surface area contributed by atoms with Crippen molar-refractivity contribution in [2.24, 2.45) is 0 Å². The lowest BCUT2D eigenvalue weighted by molar-refractivity contribution is 0.668. The summed E-state index contributed by atoms with van der Waals surface area (Å²) in [5, 5.41) is 9.40. The molecular formula is C43H28O. The van der Waals surface area contributed by atoms with Gasteiger partial charge in [-0.1, -0.05) is 133 Å². The molecule has 0 unspecified atom stereocenters. The Labute approximate surface area is 257 Å². The van der Waals surface area contributed by atoms with Gasteiger partial charge in [0, 0.05) is 10.8 Å². The van der Waals surface area contributed by atoms with Gasteiger partial charge >= 0.3 is 0 Å². The van der Waals surface area contributed by atoms with E-state index >= 15 is 0 Å². The maximum Gasteiger partial charge on any atom is 0.136 e. The lowest BCUT2D eigenvalue weighted by Crippen LogP contribution is -1.93. The van der Waals surface area contributed by atoms with Gasteiger partial charge in [0.1, 0.15) is 11.2 Å². The Balaban J connectivity index is 1.38. The molecule has 0 aliphatic heterocycles. The van der Waals surface area contributed by atoms with Crippen molar-refractivity contribution >= 4 is 54.3 Å². The molecule has 0 atom stereocenters. The van der Waals surface area contributed by atoms with Crippen LogP contribution in [0.5, 0.6) is 0 Å². The van der Waals surface area contributed by atoms with Crippen molar-refractivity contribution in [1.29, 1.82) is 0 Å². The largest absolute Gasteiger partial charge is 0.456 e. The highest BCUT2D eigenvalue weighted by molar-refractivity contribution is 6.26. The summed E-state index contributed by atoms with van der Waals surface area (Å²) in [6.07, 6.45) is 0. The molecule has 1 aromatic heterocycles. The molecule has 9 rings (SSSR count). The molecule has 9 aromatic rings. The molecular weight excluding hydrogens is 532 g/mol. The number of benzene rings is 8. The monoisotopic (exact) mass is 561 g/mol. The molecule has 0 saturated heterocycles. The molecule has 0 N–H and O–H groups in total. The average Bonchev–Trinajstić information content (AvgIpc) is 3.45. The van der Waals surface area contributed by atoms with Crippen LogP contribution in [-0.4, -0.2) is 0 Å². The Morgan fingerprint density at radius 1 is 0.455 bits per heavy atom. The Morgan fingerprint density at radius 2 is 1.11 bits per heavy atom. The van der Waals surface area contributed by atoms with Crippen molar-refractivity contribution in [3.63, 3.8) is 0 Å². The van der Waals surface area contributed by atoms with E-state index in [1.807, 2.05) is 18.2 Å². The van der Waals surface area contributed by atoms with Crippen molar-refractivity contribution in [3.8, 4) is 33.4 Å². The van der Waals surface area contributed by atoms with E-state index in [0.29, 0.717) is 6.04 Å². The fourth-order valence-corrected chi connectivity index (χ4v) is 7.10. The highest BCUT2D eigenvalue weighted by Crippen LogP contribution is 2.48. The minimum atomic E-state index is 0.530. The van der Waals surface area contributed by atoms with Crippen LogP contribution in [0.1, 0.15) is 6.93 Å². The Bertz CT molecular complexity index is 2570. The van der Waals surface area contributed by atoms with E-state index in [0.717, 1.165) is 38.3 Å². The van der Waals surface area contributed by atoms with Crippen LogP contribution in [0, 0.1) is 6.92 Å². The van der Waals surface area contributed by atoms with Gasteiger partial charge in [-0.3, -0.25) is 0 Å². The molecule has 0 aliphatic carbocycles. The predicted octanol–water partition coefficient (Wildman–Crippen LogP) is 12.4. The normalized spacial score (nSPS) is 12.1. The minimum Gasteiger partial charge on any atom is -0.456 e. The Hall–Kier alpha value is -5.66. The highest BCUT2D eigenvalue weighted by Gasteiger charge is 2.21. The van der Waals surface area contributed by atoms with Gasteiger partial charge in [-0.25, -0.2) is 0 Å². The fourth-order valence-electron chi connectivity index (χ4n) is 7.10. The van der Waals surface area contributed by atoms with Crippen molar-refractivity contribution in [2.75, 3.05) is 0 Å². The molecule has 0 spiro atoms. The highest BCUT2D eigenvalue weighted by atomic mass is 16.3. The lowest BCUT2D eigenvalue weighted by Gasteiger charge is -2.20. The minimum absolute atomic E-state index is 0.530. The number of rotatable bonds is 3. The second kappa shape index (κ2) is 9.69. The smallest absolute Gasteiger partial charge is 0.136 e. The predicted molar refractivity (Wildman–Crippen MR) is 187 cm³/mol. The zero-order valence-electron chi connectivity index (χ0n) is 25.3. The van der Waals surface area contributed by atoms with Crippen LogP contribution in [0.15, 0.2) is 156 Å².